The van der Waals surface area contributed by atoms with E-state index >= 15 is 0 Å². The second-order valence-electron chi connectivity index (χ2n) is 4.64. The fraction of sp³-hybridized carbons (Fsp3) is 0.500. The monoisotopic (exact) mass is 265 g/mol. The third kappa shape index (κ3) is 3.27. The van der Waals surface area contributed by atoms with Gasteiger partial charge in [0.1, 0.15) is 0 Å². The lowest BCUT2D eigenvalue weighted by Gasteiger charge is -2.18. The van der Waals surface area contributed by atoms with Gasteiger partial charge in [-0.15, -0.1) is 0 Å². The molecule has 0 spiro atoms. The quantitative estimate of drug-likeness (QED) is 0.890. The molecule has 1 heterocycles. The second-order valence-corrected chi connectivity index (χ2v) is 5.83. The zero-order chi connectivity index (χ0) is 13.0. The van der Waals surface area contributed by atoms with Crippen LogP contribution in [0.15, 0.2) is 30.3 Å². The maximum absolute atomic E-state index is 11.9. The average molecular weight is 265 g/mol. The number of amides is 1. The van der Waals surface area contributed by atoms with Crippen molar-refractivity contribution in [3.63, 3.8) is 0 Å². The molecule has 3 nitrogen and oxygen atoms in total. The maximum Gasteiger partial charge on any atom is 0.282 e. The average Bonchev–Trinajstić information content (AvgIpc) is 2.73. The van der Waals surface area contributed by atoms with Gasteiger partial charge in [0.2, 0.25) is 0 Å². The number of thioether (sulfide) groups is 1. The summed E-state index contributed by atoms with van der Waals surface area (Å²) in [5.41, 5.74) is 1.14. The summed E-state index contributed by atoms with van der Waals surface area (Å²) in [5, 5.41) is 10.1. The van der Waals surface area contributed by atoms with Crippen LogP contribution >= 0.6 is 11.8 Å². The summed E-state index contributed by atoms with van der Waals surface area (Å²) in [5.74, 6) is 0. The summed E-state index contributed by atoms with van der Waals surface area (Å²) in [6.07, 6.45) is 1.35. The number of nitrogens with zero attached hydrogens (tertiary/aromatic N) is 1. The largest absolute Gasteiger partial charge is 0.392 e. The number of aliphatic hydroxyl groups is 1. The Labute approximate surface area is 112 Å². The summed E-state index contributed by atoms with van der Waals surface area (Å²) in [6, 6.07) is 9.97. The molecule has 1 aromatic carbocycles. The van der Waals surface area contributed by atoms with E-state index in [2.05, 4.69) is 0 Å². The van der Waals surface area contributed by atoms with Gasteiger partial charge in [-0.05, 0) is 12.0 Å². The molecule has 1 N–H and O–H groups in total. The van der Waals surface area contributed by atoms with Crippen LogP contribution in [0.5, 0.6) is 0 Å². The summed E-state index contributed by atoms with van der Waals surface area (Å²) < 4.78 is 0. The van der Waals surface area contributed by atoms with Crippen LogP contribution in [0, 0.1) is 0 Å². The summed E-state index contributed by atoms with van der Waals surface area (Å²) in [7, 11) is 0. The number of carbonyl (C=O) groups is 1. The zero-order valence-corrected chi connectivity index (χ0v) is 11.4. The van der Waals surface area contributed by atoms with Crippen molar-refractivity contribution in [3.05, 3.63) is 35.9 Å². The van der Waals surface area contributed by atoms with E-state index < -0.39 is 0 Å². The Bertz CT molecular complexity index is 396. The molecule has 2 rings (SSSR count). The first-order valence-electron chi connectivity index (χ1n) is 6.38. The number of hydrogen-bond acceptors (Lipinski definition) is 3. The van der Waals surface area contributed by atoms with Crippen molar-refractivity contribution >= 4 is 17.0 Å². The standard InChI is InChI=1S/C14H19NO2S/c1-2-6-12(16)13-10-15(14(17)18-13)9-11-7-4-3-5-8-11/h3-5,7-8,12-13,16H,2,6,9-10H2,1H3/t12-,13+/m1/s1. The van der Waals surface area contributed by atoms with Gasteiger partial charge in [-0.2, -0.15) is 0 Å². The van der Waals surface area contributed by atoms with Gasteiger partial charge in [0.25, 0.3) is 5.24 Å². The predicted molar refractivity (Wildman–Crippen MR) is 74.5 cm³/mol. The van der Waals surface area contributed by atoms with Crippen molar-refractivity contribution in [3.8, 4) is 0 Å². The number of benzene rings is 1. The molecule has 1 aliphatic heterocycles. The molecule has 18 heavy (non-hydrogen) atoms. The number of hydrogen-bond donors (Lipinski definition) is 1. The molecule has 1 fully saturated rings. The van der Waals surface area contributed by atoms with Crippen LogP contribution in [0.3, 0.4) is 0 Å². The normalized spacial score (nSPS) is 21.3. The minimum Gasteiger partial charge on any atom is -0.392 e. The van der Waals surface area contributed by atoms with Crippen LogP contribution in [0.1, 0.15) is 25.3 Å². The summed E-state index contributed by atoms with van der Waals surface area (Å²) >= 11 is 1.28. The van der Waals surface area contributed by atoms with Gasteiger partial charge in [-0.1, -0.05) is 55.4 Å². The lowest BCUT2D eigenvalue weighted by molar-refractivity contribution is 0.150. The first-order valence-corrected chi connectivity index (χ1v) is 7.26. The van der Waals surface area contributed by atoms with Crippen LogP contribution in [-0.4, -0.2) is 33.1 Å². The maximum atomic E-state index is 11.9. The Morgan fingerprint density at radius 1 is 1.44 bits per heavy atom. The molecule has 0 aromatic heterocycles. The Balaban J connectivity index is 1.93. The van der Waals surface area contributed by atoms with Gasteiger partial charge in [-0.25, -0.2) is 0 Å². The number of aliphatic hydroxyl groups excluding tert-OH is 1. The molecule has 98 valence electrons. The van der Waals surface area contributed by atoms with E-state index in [9.17, 15) is 9.90 Å². The van der Waals surface area contributed by atoms with Crippen LogP contribution < -0.4 is 0 Å². The summed E-state index contributed by atoms with van der Waals surface area (Å²) in [6.45, 7) is 3.34. The van der Waals surface area contributed by atoms with Gasteiger partial charge in [0.05, 0.1) is 11.4 Å². The molecule has 0 unspecified atom stereocenters. The molecule has 0 saturated carbocycles. The predicted octanol–water partition coefficient (Wildman–Crippen LogP) is 2.89. The number of rotatable bonds is 5. The molecule has 1 amide bonds. The Morgan fingerprint density at radius 2 is 2.17 bits per heavy atom. The number of carbonyl (C=O) groups excluding carboxylic acids is 1. The minimum atomic E-state index is -0.371. The topological polar surface area (TPSA) is 40.5 Å². The van der Waals surface area contributed by atoms with E-state index in [0.717, 1.165) is 18.4 Å². The molecular weight excluding hydrogens is 246 g/mol. The van der Waals surface area contributed by atoms with Crippen molar-refractivity contribution in [2.75, 3.05) is 6.54 Å². The Hall–Kier alpha value is -1.000. The van der Waals surface area contributed by atoms with Gasteiger partial charge in [-0.3, -0.25) is 4.79 Å². The molecule has 0 bridgehead atoms. The summed E-state index contributed by atoms with van der Waals surface area (Å²) in [4.78, 5) is 13.7. The first kappa shape index (κ1) is 13.4. The lowest BCUT2D eigenvalue weighted by Crippen LogP contribution is -2.29. The Kier molecular flexibility index (Phi) is 4.66. The van der Waals surface area contributed by atoms with Gasteiger partial charge in [0, 0.05) is 13.1 Å². The fourth-order valence-corrected chi connectivity index (χ4v) is 3.24. The smallest absolute Gasteiger partial charge is 0.282 e. The van der Waals surface area contributed by atoms with Gasteiger partial charge < -0.3 is 10.0 Å². The molecule has 1 saturated heterocycles. The SMILES string of the molecule is CCC[C@@H](O)[C@@H]1CN(Cc2ccccc2)C(=O)S1. The van der Waals surface area contributed by atoms with E-state index in [1.54, 1.807) is 0 Å². The van der Waals surface area contributed by atoms with Crippen LogP contribution in [0.25, 0.3) is 0 Å². The zero-order valence-electron chi connectivity index (χ0n) is 10.6. The van der Waals surface area contributed by atoms with E-state index in [4.69, 9.17) is 0 Å². The van der Waals surface area contributed by atoms with Crippen molar-refractivity contribution < 1.29 is 9.90 Å². The molecule has 4 heteroatoms. The lowest BCUT2D eigenvalue weighted by atomic mass is 10.1. The minimum absolute atomic E-state index is 0.0289. The van der Waals surface area contributed by atoms with Gasteiger partial charge in [0.15, 0.2) is 0 Å². The third-order valence-electron chi connectivity index (χ3n) is 3.14. The molecule has 1 aromatic rings. The van der Waals surface area contributed by atoms with Crippen LogP contribution in [0.4, 0.5) is 4.79 Å². The van der Waals surface area contributed by atoms with Gasteiger partial charge >= 0.3 is 0 Å². The van der Waals surface area contributed by atoms with Crippen molar-refractivity contribution in [1.82, 2.24) is 4.90 Å². The van der Waals surface area contributed by atoms with E-state index in [1.165, 1.54) is 11.8 Å². The highest BCUT2D eigenvalue weighted by Crippen LogP contribution is 2.30. The molecular formula is C14H19NO2S. The highest BCUT2D eigenvalue weighted by atomic mass is 32.2. The third-order valence-corrected chi connectivity index (χ3v) is 4.37. The van der Waals surface area contributed by atoms with E-state index in [-0.39, 0.29) is 16.6 Å². The Morgan fingerprint density at radius 3 is 2.83 bits per heavy atom. The second kappa shape index (κ2) is 6.25. The molecule has 2 atom stereocenters. The van der Waals surface area contributed by atoms with Crippen molar-refractivity contribution in [2.24, 2.45) is 0 Å². The van der Waals surface area contributed by atoms with Crippen molar-refractivity contribution in [1.29, 1.82) is 0 Å². The molecule has 0 radical (unpaired) electrons. The highest BCUT2D eigenvalue weighted by molar-refractivity contribution is 8.14. The van der Waals surface area contributed by atoms with Crippen LogP contribution in [-0.2, 0) is 6.54 Å². The van der Waals surface area contributed by atoms with E-state index in [0.29, 0.717) is 13.1 Å². The first-order chi connectivity index (χ1) is 8.70. The molecule has 1 aliphatic rings. The highest BCUT2D eigenvalue weighted by Gasteiger charge is 2.34. The fourth-order valence-electron chi connectivity index (χ4n) is 2.15. The molecule has 0 aliphatic carbocycles. The van der Waals surface area contributed by atoms with Crippen LogP contribution in [0.2, 0.25) is 0 Å². The van der Waals surface area contributed by atoms with Crippen molar-refractivity contribution in [2.45, 2.75) is 37.7 Å². The van der Waals surface area contributed by atoms with E-state index in [1.807, 2.05) is 42.2 Å².